The molecule has 0 fully saturated rings. The quantitative estimate of drug-likeness (QED) is 0.687. The van der Waals surface area contributed by atoms with Gasteiger partial charge in [0.05, 0.1) is 32.5 Å². The second kappa shape index (κ2) is 5.46. The van der Waals surface area contributed by atoms with Crippen molar-refractivity contribution in [3.63, 3.8) is 0 Å². The molecule has 0 amide bonds. The number of halogens is 2. The van der Waals surface area contributed by atoms with Crippen molar-refractivity contribution in [2.45, 2.75) is 13.5 Å². The van der Waals surface area contributed by atoms with Gasteiger partial charge in [0.1, 0.15) is 0 Å². The van der Waals surface area contributed by atoms with Gasteiger partial charge in [0.25, 0.3) is 5.69 Å². The molecule has 0 aliphatic carbocycles. The van der Waals surface area contributed by atoms with Crippen LogP contribution in [0, 0.1) is 10.1 Å². The van der Waals surface area contributed by atoms with Gasteiger partial charge in [-0.15, -0.1) is 0 Å². The molecule has 0 bridgehead atoms. The molecule has 1 heterocycles. The molecule has 2 rings (SSSR count). The van der Waals surface area contributed by atoms with E-state index in [4.69, 9.17) is 23.2 Å². The molecule has 0 unspecified atom stereocenters. The maximum absolute atomic E-state index is 10.7. The summed E-state index contributed by atoms with van der Waals surface area (Å²) in [6.07, 6.45) is 3.41. The fourth-order valence-electron chi connectivity index (χ4n) is 1.53. The van der Waals surface area contributed by atoms with Gasteiger partial charge in [-0.05, 0) is 6.92 Å². The average molecular weight is 301 g/mol. The molecule has 8 heteroatoms. The highest BCUT2D eigenvalue weighted by molar-refractivity contribution is 6.39. The summed E-state index contributed by atoms with van der Waals surface area (Å²) in [5.41, 5.74) is 0.980. The van der Waals surface area contributed by atoms with E-state index >= 15 is 0 Å². The number of nitro benzene ring substituents is 1. The van der Waals surface area contributed by atoms with E-state index in [1.54, 1.807) is 17.1 Å². The third-order valence-corrected chi connectivity index (χ3v) is 3.06. The van der Waals surface area contributed by atoms with Gasteiger partial charge in [0.2, 0.25) is 0 Å². The third kappa shape index (κ3) is 2.97. The van der Waals surface area contributed by atoms with Gasteiger partial charge in [0, 0.05) is 24.9 Å². The van der Waals surface area contributed by atoms with Crippen LogP contribution in [0.25, 0.3) is 0 Å². The van der Waals surface area contributed by atoms with Crippen LogP contribution < -0.4 is 5.32 Å². The van der Waals surface area contributed by atoms with Crippen LogP contribution in [0.2, 0.25) is 10.0 Å². The van der Waals surface area contributed by atoms with Crippen molar-refractivity contribution in [3.8, 4) is 0 Å². The first-order chi connectivity index (χ1) is 9.01. The van der Waals surface area contributed by atoms with Crippen molar-refractivity contribution in [2.24, 2.45) is 0 Å². The third-order valence-electron chi connectivity index (χ3n) is 2.46. The van der Waals surface area contributed by atoms with Gasteiger partial charge in [-0.2, -0.15) is 5.10 Å². The molecule has 100 valence electrons. The van der Waals surface area contributed by atoms with E-state index in [0.29, 0.717) is 11.4 Å². The second-order valence-electron chi connectivity index (χ2n) is 3.75. The maximum atomic E-state index is 10.7. The van der Waals surface area contributed by atoms with Crippen molar-refractivity contribution >= 4 is 40.3 Å². The fourth-order valence-corrected chi connectivity index (χ4v) is 2.10. The normalized spacial score (nSPS) is 10.5. The number of aryl methyl sites for hydroxylation is 1. The zero-order chi connectivity index (χ0) is 14.0. The Morgan fingerprint density at radius 3 is 2.53 bits per heavy atom. The molecule has 1 N–H and O–H groups in total. The molecule has 0 atom stereocenters. The number of rotatable bonds is 4. The monoisotopic (exact) mass is 300 g/mol. The Kier molecular flexibility index (Phi) is 3.92. The van der Waals surface area contributed by atoms with Crippen LogP contribution in [-0.4, -0.2) is 14.7 Å². The lowest BCUT2D eigenvalue weighted by Crippen LogP contribution is -1.95. The molecule has 0 radical (unpaired) electrons. The largest absolute Gasteiger partial charge is 0.351 e. The number of nitrogens with one attached hydrogen (secondary N) is 1. The summed E-state index contributed by atoms with van der Waals surface area (Å²) in [4.78, 5) is 10.1. The SMILES string of the molecule is CCn1cc(Nc2c(Cl)cc([N+](=O)[O-])cc2Cl)cn1. The molecule has 2 aromatic rings. The Morgan fingerprint density at radius 2 is 2.05 bits per heavy atom. The van der Waals surface area contributed by atoms with Crippen molar-refractivity contribution in [3.05, 3.63) is 44.7 Å². The molecule has 0 aliphatic rings. The second-order valence-corrected chi connectivity index (χ2v) is 4.57. The molecule has 0 aliphatic heterocycles. The fraction of sp³-hybridized carbons (Fsp3) is 0.182. The summed E-state index contributed by atoms with van der Waals surface area (Å²) in [7, 11) is 0. The smallest absolute Gasteiger partial charge is 0.272 e. The standard InChI is InChI=1S/C11H10Cl2N4O2/c1-2-16-6-7(5-14-16)15-11-9(12)3-8(17(18)19)4-10(11)13/h3-6,15H,2H2,1H3. The lowest BCUT2D eigenvalue weighted by atomic mass is 10.2. The van der Waals surface area contributed by atoms with Gasteiger partial charge in [0.15, 0.2) is 0 Å². The van der Waals surface area contributed by atoms with Crippen molar-refractivity contribution in [2.75, 3.05) is 5.32 Å². The summed E-state index contributed by atoms with van der Waals surface area (Å²) < 4.78 is 1.73. The first-order valence-corrected chi connectivity index (χ1v) is 6.19. The number of benzene rings is 1. The summed E-state index contributed by atoms with van der Waals surface area (Å²) in [6, 6.07) is 2.50. The maximum Gasteiger partial charge on any atom is 0.272 e. The minimum Gasteiger partial charge on any atom is -0.351 e. The topological polar surface area (TPSA) is 73.0 Å². The molecule has 6 nitrogen and oxygen atoms in total. The Hall–Kier alpha value is -1.79. The van der Waals surface area contributed by atoms with Crippen molar-refractivity contribution < 1.29 is 4.92 Å². The summed E-state index contributed by atoms with van der Waals surface area (Å²) >= 11 is 12.0. The zero-order valence-corrected chi connectivity index (χ0v) is 11.4. The molecule has 0 saturated carbocycles. The number of hydrogen-bond acceptors (Lipinski definition) is 4. The van der Waals surface area contributed by atoms with Gasteiger partial charge in [-0.1, -0.05) is 23.2 Å². The van der Waals surface area contributed by atoms with E-state index in [9.17, 15) is 10.1 Å². The molecule has 0 saturated heterocycles. The van der Waals surface area contributed by atoms with Crippen LogP contribution in [0.4, 0.5) is 17.1 Å². The van der Waals surface area contributed by atoms with Crippen LogP contribution in [0.3, 0.4) is 0 Å². The van der Waals surface area contributed by atoms with E-state index in [0.717, 1.165) is 6.54 Å². The minimum absolute atomic E-state index is 0.148. The van der Waals surface area contributed by atoms with Crippen LogP contribution >= 0.6 is 23.2 Å². The van der Waals surface area contributed by atoms with Gasteiger partial charge < -0.3 is 5.32 Å². The highest BCUT2D eigenvalue weighted by atomic mass is 35.5. The van der Waals surface area contributed by atoms with Gasteiger partial charge in [-0.3, -0.25) is 14.8 Å². The number of anilines is 2. The summed E-state index contributed by atoms with van der Waals surface area (Å²) in [6.45, 7) is 2.70. The number of nitro groups is 1. The highest BCUT2D eigenvalue weighted by Crippen LogP contribution is 2.36. The van der Waals surface area contributed by atoms with Crippen molar-refractivity contribution in [1.29, 1.82) is 0 Å². The molecular formula is C11H10Cl2N4O2. The average Bonchev–Trinajstić information content (AvgIpc) is 2.81. The van der Waals surface area contributed by atoms with E-state index < -0.39 is 4.92 Å². The Morgan fingerprint density at radius 1 is 1.42 bits per heavy atom. The van der Waals surface area contributed by atoms with Crippen LogP contribution in [-0.2, 0) is 6.54 Å². The first-order valence-electron chi connectivity index (χ1n) is 5.44. The lowest BCUT2D eigenvalue weighted by molar-refractivity contribution is -0.384. The number of nitrogens with zero attached hydrogens (tertiary/aromatic N) is 3. The van der Waals surface area contributed by atoms with Crippen LogP contribution in [0.1, 0.15) is 6.92 Å². The van der Waals surface area contributed by atoms with E-state index in [1.807, 2.05) is 6.92 Å². The molecule has 19 heavy (non-hydrogen) atoms. The number of non-ortho nitro benzene ring substituents is 1. The predicted molar refractivity (Wildman–Crippen MR) is 74.3 cm³/mol. The minimum atomic E-state index is -0.545. The number of hydrogen-bond donors (Lipinski definition) is 1. The molecule has 1 aromatic heterocycles. The van der Waals surface area contributed by atoms with Gasteiger partial charge >= 0.3 is 0 Å². The van der Waals surface area contributed by atoms with E-state index in [-0.39, 0.29) is 15.7 Å². The summed E-state index contributed by atoms with van der Waals surface area (Å²) in [5, 5.41) is 18.1. The van der Waals surface area contributed by atoms with Crippen molar-refractivity contribution in [1.82, 2.24) is 9.78 Å². The number of aromatic nitrogens is 2. The molecular weight excluding hydrogens is 291 g/mol. The van der Waals surface area contributed by atoms with E-state index in [1.165, 1.54) is 12.1 Å². The van der Waals surface area contributed by atoms with Gasteiger partial charge in [-0.25, -0.2) is 0 Å². The van der Waals surface area contributed by atoms with Crippen LogP contribution in [0.5, 0.6) is 0 Å². The Balaban J connectivity index is 2.32. The van der Waals surface area contributed by atoms with Crippen LogP contribution in [0.15, 0.2) is 24.5 Å². The first kappa shape index (κ1) is 13.6. The molecule has 0 spiro atoms. The zero-order valence-electron chi connectivity index (χ0n) is 9.93. The Bertz CT molecular complexity index is 604. The Labute approximate surface area is 119 Å². The van der Waals surface area contributed by atoms with E-state index in [2.05, 4.69) is 10.4 Å². The molecule has 1 aromatic carbocycles. The lowest BCUT2D eigenvalue weighted by Gasteiger charge is -2.08. The summed E-state index contributed by atoms with van der Waals surface area (Å²) in [5.74, 6) is 0. The highest BCUT2D eigenvalue weighted by Gasteiger charge is 2.15. The predicted octanol–water partition coefficient (Wildman–Crippen LogP) is 3.86.